The van der Waals surface area contributed by atoms with Crippen molar-refractivity contribution in [3.05, 3.63) is 29.8 Å². The molecule has 3 heteroatoms. The molecule has 1 aliphatic rings. The molecule has 0 unspecified atom stereocenters. The van der Waals surface area contributed by atoms with E-state index in [0.717, 1.165) is 31.4 Å². The minimum Gasteiger partial charge on any atom is -0.326 e. The number of hydrogen-bond acceptors (Lipinski definition) is 1. The topological polar surface area (TPSA) is 29.1 Å². The molecular weight excluding hydrogens is 270 g/mol. The summed E-state index contributed by atoms with van der Waals surface area (Å²) in [5.41, 5.74) is 1.95. The van der Waals surface area contributed by atoms with Crippen molar-refractivity contribution >= 4 is 23.2 Å². The van der Waals surface area contributed by atoms with E-state index in [2.05, 4.69) is 24.4 Å². The normalized spacial score (nSPS) is 17.7. The van der Waals surface area contributed by atoms with Gasteiger partial charge in [0, 0.05) is 17.0 Å². The van der Waals surface area contributed by atoms with Crippen LogP contribution in [0.3, 0.4) is 0 Å². The van der Waals surface area contributed by atoms with Gasteiger partial charge in [0.25, 0.3) is 0 Å². The molecule has 0 spiro atoms. The number of halogens is 1. The highest BCUT2D eigenvalue weighted by molar-refractivity contribution is 6.17. The van der Waals surface area contributed by atoms with E-state index in [9.17, 15) is 4.79 Å². The zero-order chi connectivity index (χ0) is 14.4. The Kier molecular flexibility index (Phi) is 5.47. The molecule has 0 heterocycles. The second-order valence-electron chi connectivity index (χ2n) is 6.07. The number of anilines is 1. The van der Waals surface area contributed by atoms with Crippen molar-refractivity contribution in [1.29, 1.82) is 0 Å². The predicted octanol–water partition coefficient (Wildman–Crippen LogP) is 4.77. The number of amides is 1. The van der Waals surface area contributed by atoms with Crippen molar-refractivity contribution in [2.24, 2.45) is 5.41 Å². The van der Waals surface area contributed by atoms with Gasteiger partial charge in [0.05, 0.1) is 0 Å². The summed E-state index contributed by atoms with van der Waals surface area (Å²) < 4.78 is 0. The first-order valence-corrected chi connectivity index (χ1v) is 8.14. The third-order valence-electron chi connectivity index (χ3n) is 4.29. The molecule has 0 aromatic heterocycles. The Morgan fingerprint density at radius 2 is 2.05 bits per heavy atom. The SMILES string of the molecule is CC1(C(=O)Nc2cccc(CCCCl)c2)CCCCC1. The van der Waals surface area contributed by atoms with Gasteiger partial charge in [-0.2, -0.15) is 0 Å². The van der Waals surface area contributed by atoms with E-state index in [1.165, 1.54) is 24.8 Å². The molecule has 1 amide bonds. The summed E-state index contributed by atoms with van der Waals surface area (Å²) >= 11 is 5.73. The van der Waals surface area contributed by atoms with Gasteiger partial charge in [-0.1, -0.05) is 38.3 Å². The highest BCUT2D eigenvalue weighted by atomic mass is 35.5. The molecule has 1 fully saturated rings. The van der Waals surface area contributed by atoms with E-state index in [-0.39, 0.29) is 11.3 Å². The largest absolute Gasteiger partial charge is 0.326 e. The highest BCUT2D eigenvalue weighted by Gasteiger charge is 2.34. The van der Waals surface area contributed by atoms with E-state index in [1.807, 2.05) is 12.1 Å². The fourth-order valence-electron chi connectivity index (χ4n) is 2.92. The molecule has 110 valence electrons. The minimum atomic E-state index is -0.190. The van der Waals surface area contributed by atoms with Gasteiger partial charge >= 0.3 is 0 Å². The molecule has 20 heavy (non-hydrogen) atoms. The first-order chi connectivity index (χ1) is 9.64. The number of alkyl halides is 1. The number of carbonyl (C=O) groups is 1. The minimum absolute atomic E-state index is 0.173. The Labute approximate surface area is 126 Å². The Morgan fingerprint density at radius 1 is 1.30 bits per heavy atom. The zero-order valence-electron chi connectivity index (χ0n) is 12.3. The first-order valence-electron chi connectivity index (χ1n) is 7.60. The lowest BCUT2D eigenvalue weighted by molar-refractivity contribution is -0.126. The van der Waals surface area contributed by atoms with Gasteiger partial charge in [-0.05, 0) is 43.4 Å². The third-order valence-corrected chi connectivity index (χ3v) is 4.56. The molecule has 0 aliphatic heterocycles. The average molecular weight is 294 g/mol. The number of carbonyl (C=O) groups excluding carboxylic acids is 1. The van der Waals surface area contributed by atoms with Crippen LogP contribution in [0.2, 0.25) is 0 Å². The number of aryl methyl sites for hydroxylation is 1. The van der Waals surface area contributed by atoms with Crippen LogP contribution in [0.25, 0.3) is 0 Å². The summed E-state index contributed by atoms with van der Waals surface area (Å²) in [6.07, 6.45) is 7.53. The van der Waals surface area contributed by atoms with Crippen molar-refractivity contribution in [2.75, 3.05) is 11.2 Å². The summed E-state index contributed by atoms with van der Waals surface area (Å²) in [5.74, 6) is 0.848. The van der Waals surface area contributed by atoms with E-state index in [1.54, 1.807) is 0 Å². The summed E-state index contributed by atoms with van der Waals surface area (Å²) in [5, 5.41) is 3.10. The van der Waals surface area contributed by atoms with Gasteiger partial charge in [0.1, 0.15) is 0 Å². The Bertz CT molecular complexity index is 452. The third kappa shape index (κ3) is 3.99. The van der Waals surface area contributed by atoms with Gasteiger partial charge in [-0.15, -0.1) is 11.6 Å². The van der Waals surface area contributed by atoms with E-state index >= 15 is 0 Å². The molecule has 0 saturated heterocycles. The predicted molar refractivity (Wildman–Crippen MR) is 85.3 cm³/mol. The lowest BCUT2D eigenvalue weighted by Crippen LogP contribution is -2.35. The Hall–Kier alpha value is -1.02. The number of benzene rings is 1. The molecule has 1 saturated carbocycles. The standard InChI is InChI=1S/C17H24ClNO/c1-17(10-3-2-4-11-17)16(20)19-15-9-5-7-14(13-15)8-6-12-18/h5,7,9,13H,2-4,6,8,10-12H2,1H3,(H,19,20). The van der Waals surface area contributed by atoms with Crippen LogP contribution in [-0.4, -0.2) is 11.8 Å². The molecular formula is C17H24ClNO. The van der Waals surface area contributed by atoms with Crippen molar-refractivity contribution in [3.63, 3.8) is 0 Å². The molecule has 1 aliphatic carbocycles. The average Bonchev–Trinajstić information content (AvgIpc) is 2.46. The summed E-state index contributed by atoms with van der Waals surface area (Å²) in [7, 11) is 0. The van der Waals surface area contributed by atoms with E-state index < -0.39 is 0 Å². The molecule has 0 bridgehead atoms. The molecule has 0 radical (unpaired) electrons. The molecule has 1 aromatic rings. The van der Waals surface area contributed by atoms with Gasteiger partial charge in [0.2, 0.25) is 5.91 Å². The van der Waals surface area contributed by atoms with Gasteiger partial charge in [-0.25, -0.2) is 0 Å². The fraction of sp³-hybridized carbons (Fsp3) is 0.588. The lowest BCUT2D eigenvalue weighted by atomic mass is 9.75. The van der Waals surface area contributed by atoms with Crippen molar-refractivity contribution in [2.45, 2.75) is 51.9 Å². The van der Waals surface area contributed by atoms with Crippen LogP contribution in [0.5, 0.6) is 0 Å². The van der Waals surface area contributed by atoms with Crippen LogP contribution in [0.4, 0.5) is 5.69 Å². The zero-order valence-corrected chi connectivity index (χ0v) is 13.0. The molecule has 2 nitrogen and oxygen atoms in total. The number of hydrogen-bond donors (Lipinski definition) is 1. The van der Waals surface area contributed by atoms with Crippen LogP contribution in [0.15, 0.2) is 24.3 Å². The van der Waals surface area contributed by atoms with Crippen molar-refractivity contribution in [3.8, 4) is 0 Å². The molecule has 2 rings (SSSR count). The van der Waals surface area contributed by atoms with Crippen LogP contribution >= 0.6 is 11.6 Å². The second kappa shape index (κ2) is 7.12. The summed E-state index contributed by atoms with van der Waals surface area (Å²) in [4.78, 5) is 12.5. The monoisotopic (exact) mass is 293 g/mol. The lowest BCUT2D eigenvalue weighted by Gasteiger charge is -2.32. The number of rotatable bonds is 5. The van der Waals surface area contributed by atoms with Crippen molar-refractivity contribution in [1.82, 2.24) is 0 Å². The quantitative estimate of drug-likeness (QED) is 0.779. The Balaban J connectivity index is 2.00. The van der Waals surface area contributed by atoms with Crippen LogP contribution in [0.1, 0.15) is 51.0 Å². The van der Waals surface area contributed by atoms with Gasteiger partial charge < -0.3 is 5.32 Å². The maximum atomic E-state index is 12.5. The summed E-state index contributed by atoms with van der Waals surface area (Å²) in [6, 6.07) is 8.12. The van der Waals surface area contributed by atoms with E-state index in [0.29, 0.717) is 5.88 Å². The van der Waals surface area contributed by atoms with Gasteiger partial charge in [-0.3, -0.25) is 4.79 Å². The van der Waals surface area contributed by atoms with Gasteiger partial charge in [0.15, 0.2) is 0 Å². The Morgan fingerprint density at radius 3 is 2.75 bits per heavy atom. The number of nitrogens with one attached hydrogen (secondary N) is 1. The van der Waals surface area contributed by atoms with E-state index in [4.69, 9.17) is 11.6 Å². The maximum Gasteiger partial charge on any atom is 0.230 e. The summed E-state index contributed by atoms with van der Waals surface area (Å²) in [6.45, 7) is 2.10. The van der Waals surface area contributed by atoms with Crippen LogP contribution < -0.4 is 5.32 Å². The molecule has 0 atom stereocenters. The van der Waals surface area contributed by atoms with Crippen molar-refractivity contribution < 1.29 is 4.79 Å². The highest BCUT2D eigenvalue weighted by Crippen LogP contribution is 2.36. The first kappa shape index (κ1) is 15.4. The maximum absolute atomic E-state index is 12.5. The fourth-order valence-corrected chi connectivity index (χ4v) is 3.05. The molecule has 1 N–H and O–H groups in total. The molecule has 1 aromatic carbocycles. The second-order valence-corrected chi connectivity index (χ2v) is 6.45. The van der Waals surface area contributed by atoms with Crippen LogP contribution in [-0.2, 0) is 11.2 Å². The van der Waals surface area contributed by atoms with Crippen LogP contribution in [0, 0.1) is 5.41 Å². The smallest absolute Gasteiger partial charge is 0.230 e.